The van der Waals surface area contributed by atoms with Gasteiger partial charge in [-0.2, -0.15) is 0 Å². The molecule has 0 aromatic carbocycles. The molecule has 3 saturated carbocycles. The van der Waals surface area contributed by atoms with Gasteiger partial charge in [-0.15, -0.1) is 0 Å². The smallest absolute Gasteiger partial charge is 0.302 e. The molecule has 3 aliphatic rings. The number of carboxylic acids is 1. The van der Waals surface area contributed by atoms with Crippen molar-refractivity contribution >= 4 is 17.7 Å². The lowest BCUT2D eigenvalue weighted by Gasteiger charge is -2.55. The molecule has 0 unspecified atom stereocenters. The highest BCUT2D eigenvalue weighted by Gasteiger charge is 2.59. The van der Waals surface area contributed by atoms with Crippen molar-refractivity contribution in [2.24, 2.45) is 46.3 Å². The molecule has 0 spiro atoms. The predicted molar refractivity (Wildman–Crippen MR) is 126 cm³/mol. The van der Waals surface area contributed by atoms with Gasteiger partial charge in [-0.05, 0) is 73.5 Å². The Labute approximate surface area is 200 Å². The average molecular weight is 462 g/mol. The Morgan fingerprint density at radius 3 is 2.30 bits per heavy atom. The van der Waals surface area contributed by atoms with Gasteiger partial charge in [-0.25, -0.2) is 0 Å². The highest BCUT2D eigenvalue weighted by molar-refractivity contribution is 5.87. The molecule has 3 aliphatic carbocycles. The quantitative estimate of drug-likeness (QED) is 0.478. The zero-order valence-corrected chi connectivity index (χ0v) is 21.7. The van der Waals surface area contributed by atoms with E-state index < -0.39 is 17.3 Å². The SMILES string of the molecule is CC(=O)O[C@H]1CC[C@](C)([C@H]2CC[C@@]3(C)[C@@H](CC[C@H]3[C@H](C)CCCC(C)C)[C@H]2C(=O)[O-])C(=O)C1. The summed E-state index contributed by atoms with van der Waals surface area (Å²) in [7, 11) is 0. The van der Waals surface area contributed by atoms with Crippen molar-refractivity contribution in [3.8, 4) is 0 Å². The van der Waals surface area contributed by atoms with Crippen molar-refractivity contribution in [2.45, 2.75) is 112 Å². The molecule has 5 heteroatoms. The van der Waals surface area contributed by atoms with Crippen LogP contribution < -0.4 is 5.11 Å². The van der Waals surface area contributed by atoms with E-state index in [1.165, 1.54) is 26.2 Å². The van der Waals surface area contributed by atoms with E-state index in [2.05, 4.69) is 27.7 Å². The Morgan fingerprint density at radius 2 is 1.73 bits per heavy atom. The molecule has 0 saturated heterocycles. The summed E-state index contributed by atoms with van der Waals surface area (Å²) in [6, 6.07) is 0. The number of hydrogen-bond donors (Lipinski definition) is 0. The third kappa shape index (κ3) is 5.17. The Kier molecular flexibility index (Phi) is 8.01. The van der Waals surface area contributed by atoms with Gasteiger partial charge in [0.1, 0.15) is 11.9 Å². The highest BCUT2D eigenvalue weighted by atomic mass is 16.5. The number of rotatable bonds is 8. The maximum atomic E-state index is 13.3. The van der Waals surface area contributed by atoms with Crippen LogP contribution in [0.25, 0.3) is 0 Å². The van der Waals surface area contributed by atoms with Crippen LogP contribution in [-0.2, 0) is 19.1 Å². The summed E-state index contributed by atoms with van der Waals surface area (Å²) in [6.07, 6.45) is 8.47. The molecular formula is C28H45O5-. The molecule has 0 heterocycles. The van der Waals surface area contributed by atoms with Crippen LogP contribution >= 0.6 is 0 Å². The molecule has 0 radical (unpaired) electrons. The van der Waals surface area contributed by atoms with Crippen LogP contribution in [0.15, 0.2) is 0 Å². The first kappa shape index (κ1) is 26.2. The highest BCUT2D eigenvalue weighted by Crippen LogP contribution is 2.64. The van der Waals surface area contributed by atoms with Crippen LogP contribution in [0.1, 0.15) is 106 Å². The van der Waals surface area contributed by atoms with Gasteiger partial charge in [0.2, 0.25) is 0 Å². The molecule has 3 fully saturated rings. The van der Waals surface area contributed by atoms with Crippen molar-refractivity contribution < 1.29 is 24.2 Å². The Bertz CT molecular complexity index is 745. The minimum atomic E-state index is -0.972. The second kappa shape index (κ2) is 10.1. The number of aliphatic carboxylic acids is 1. The second-order valence-electron chi connectivity index (χ2n) is 12.4. The number of carbonyl (C=O) groups is 3. The molecule has 188 valence electrons. The zero-order valence-electron chi connectivity index (χ0n) is 21.7. The molecule has 0 aromatic rings. The van der Waals surface area contributed by atoms with E-state index in [4.69, 9.17) is 4.74 Å². The van der Waals surface area contributed by atoms with Crippen LogP contribution in [-0.4, -0.2) is 23.8 Å². The van der Waals surface area contributed by atoms with Crippen molar-refractivity contribution in [2.75, 3.05) is 0 Å². The fourth-order valence-electron chi connectivity index (χ4n) is 8.08. The average Bonchev–Trinajstić information content (AvgIpc) is 3.06. The lowest BCUT2D eigenvalue weighted by molar-refractivity contribution is -0.319. The molecule has 0 bridgehead atoms. The molecule has 33 heavy (non-hydrogen) atoms. The van der Waals surface area contributed by atoms with Crippen LogP contribution in [0.5, 0.6) is 0 Å². The van der Waals surface area contributed by atoms with E-state index in [-0.39, 0.29) is 41.5 Å². The van der Waals surface area contributed by atoms with Crippen LogP contribution in [0.4, 0.5) is 0 Å². The first-order valence-corrected chi connectivity index (χ1v) is 13.3. The van der Waals surface area contributed by atoms with Crippen LogP contribution in [0.3, 0.4) is 0 Å². The van der Waals surface area contributed by atoms with E-state index in [9.17, 15) is 19.5 Å². The number of ketones is 1. The summed E-state index contributed by atoms with van der Waals surface area (Å²) < 4.78 is 5.30. The van der Waals surface area contributed by atoms with Crippen molar-refractivity contribution in [3.05, 3.63) is 0 Å². The third-order valence-corrected chi connectivity index (χ3v) is 9.93. The van der Waals surface area contributed by atoms with Gasteiger partial charge in [0.15, 0.2) is 0 Å². The maximum Gasteiger partial charge on any atom is 0.302 e. The first-order chi connectivity index (χ1) is 15.4. The number of esters is 1. The Morgan fingerprint density at radius 1 is 1.03 bits per heavy atom. The number of fused-ring (bicyclic) bond motifs is 1. The lowest BCUT2D eigenvalue weighted by Crippen LogP contribution is -2.56. The summed E-state index contributed by atoms with van der Waals surface area (Å²) in [5.41, 5.74) is -0.670. The van der Waals surface area contributed by atoms with E-state index in [1.807, 2.05) is 6.92 Å². The monoisotopic (exact) mass is 461 g/mol. The second-order valence-corrected chi connectivity index (χ2v) is 12.4. The molecule has 3 rings (SSSR count). The number of carboxylic acid groups (broad SMARTS) is 1. The topological polar surface area (TPSA) is 83.5 Å². The van der Waals surface area contributed by atoms with Gasteiger partial charge < -0.3 is 14.6 Å². The molecule has 8 atom stereocenters. The fourth-order valence-corrected chi connectivity index (χ4v) is 8.08. The molecule has 5 nitrogen and oxygen atoms in total. The van der Waals surface area contributed by atoms with Crippen LogP contribution in [0.2, 0.25) is 0 Å². The maximum absolute atomic E-state index is 13.3. The predicted octanol–water partition coefficient (Wildman–Crippen LogP) is 4.95. The molecule has 0 amide bonds. The normalized spacial score (nSPS) is 39.8. The van der Waals surface area contributed by atoms with E-state index in [1.54, 1.807) is 0 Å². The minimum absolute atomic E-state index is 0.00678. The van der Waals surface area contributed by atoms with Gasteiger partial charge in [0, 0.05) is 30.6 Å². The van der Waals surface area contributed by atoms with Crippen LogP contribution in [0, 0.1) is 46.3 Å². The summed E-state index contributed by atoms with van der Waals surface area (Å²) in [6.45, 7) is 12.5. The Balaban J connectivity index is 1.77. The fraction of sp³-hybridized carbons (Fsp3) is 0.893. The molecule has 0 aliphatic heterocycles. The summed E-state index contributed by atoms with van der Waals surface area (Å²) in [4.78, 5) is 37.2. The standard InChI is InChI=1S/C28H46O5/c1-17(2)8-7-9-18(3)21-10-11-22-25(26(31)32)23(13-15-27(21,22)5)28(6)14-12-20(16-24(28)30)33-19(4)29/h17-18,20-23,25H,7-16H2,1-6H3,(H,31,32)/p-1/t18-,20+,21+,22+,23+,25-,27-,28-/m1/s1. The van der Waals surface area contributed by atoms with Gasteiger partial charge in [0.05, 0.1) is 0 Å². The molecule has 0 N–H and O–H groups in total. The van der Waals surface area contributed by atoms with Gasteiger partial charge in [-0.3, -0.25) is 9.59 Å². The van der Waals surface area contributed by atoms with Crippen molar-refractivity contribution in [1.29, 1.82) is 0 Å². The van der Waals surface area contributed by atoms with Crippen molar-refractivity contribution in [3.63, 3.8) is 0 Å². The zero-order chi connectivity index (χ0) is 24.6. The van der Waals surface area contributed by atoms with E-state index >= 15 is 0 Å². The first-order valence-electron chi connectivity index (χ1n) is 13.3. The van der Waals surface area contributed by atoms with Gasteiger partial charge in [-0.1, -0.05) is 53.9 Å². The van der Waals surface area contributed by atoms with Crippen molar-refractivity contribution in [1.82, 2.24) is 0 Å². The lowest BCUT2D eigenvalue weighted by atomic mass is 9.50. The van der Waals surface area contributed by atoms with Gasteiger partial charge in [0.25, 0.3) is 0 Å². The van der Waals surface area contributed by atoms with Gasteiger partial charge >= 0.3 is 5.97 Å². The number of ether oxygens (including phenoxy) is 1. The Hall–Kier alpha value is -1.39. The summed E-state index contributed by atoms with van der Waals surface area (Å²) in [5, 5.41) is 12.6. The third-order valence-electron chi connectivity index (χ3n) is 9.93. The van der Waals surface area contributed by atoms with E-state index in [0.29, 0.717) is 24.7 Å². The molecule has 0 aromatic heterocycles. The summed E-state index contributed by atoms with van der Waals surface area (Å²) in [5.74, 6) is -0.119. The minimum Gasteiger partial charge on any atom is -0.550 e. The number of Topliss-reactive ketones (excluding diaryl/α,β-unsaturated/α-hetero) is 1. The number of hydrogen-bond acceptors (Lipinski definition) is 5. The van der Waals surface area contributed by atoms with E-state index in [0.717, 1.165) is 31.6 Å². The number of carbonyl (C=O) groups excluding carboxylic acids is 3. The largest absolute Gasteiger partial charge is 0.550 e. The molecular weight excluding hydrogens is 416 g/mol. The summed E-state index contributed by atoms with van der Waals surface area (Å²) >= 11 is 0.